The van der Waals surface area contributed by atoms with Crippen molar-refractivity contribution in [3.63, 3.8) is 0 Å². The third-order valence-electron chi connectivity index (χ3n) is 2.92. The fourth-order valence-electron chi connectivity index (χ4n) is 1.98. The predicted molar refractivity (Wildman–Crippen MR) is 59.2 cm³/mol. The fraction of sp³-hybridized carbons (Fsp3) is 0.636. The second-order valence-electron chi connectivity index (χ2n) is 4.27. The van der Waals surface area contributed by atoms with Gasteiger partial charge in [-0.1, -0.05) is 0 Å². The molecule has 4 nitrogen and oxygen atoms in total. The van der Waals surface area contributed by atoms with Crippen molar-refractivity contribution in [1.29, 1.82) is 0 Å². The van der Waals surface area contributed by atoms with Gasteiger partial charge in [-0.2, -0.15) is 0 Å². The summed E-state index contributed by atoms with van der Waals surface area (Å²) in [5.41, 5.74) is 7.68. The summed E-state index contributed by atoms with van der Waals surface area (Å²) < 4.78 is 0. The van der Waals surface area contributed by atoms with E-state index in [0.29, 0.717) is 5.92 Å². The van der Waals surface area contributed by atoms with Crippen molar-refractivity contribution in [2.45, 2.75) is 19.9 Å². The Morgan fingerprint density at radius 2 is 2.33 bits per heavy atom. The zero-order valence-electron chi connectivity index (χ0n) is 9.19. The Hall–Kier alpha value is -1.00. The van der Waals surface area contributed by atoms with Crippen LogP contribution < -0.4 is 5.73 Å². The number of nitrogens with two attached hydrogens (primary N) is 1. The van der Waals surface area contributed by atoms with Crippen LogP contribution in [0.15, 0.2) is 12.4 Å². The molecule has 0 bridgehead atoms. The predicted octanol–water partition coefficient (Wildman–Crippen LogP) is 0.566. The van der Waals surface area contributed by atoms with E-state index in [9.17, 15) is 0 Å². The summed E-state index contributed by atoms with van der Waals surface area (Å²) in [5, 5.41) is 0. The number of nitrogens with zero attached hydrogens (tertiary/aromatic N) is 3. The average Bonchev–Trinajstić information content (AvgIpc) is 2.69. The minimum absolute atomic E-state index is 0.670. The lowest BCUT2D eigenvalue weighted by atomic mass is 10.1. The smallest absolute Gasteiger partial charge is 0.0727 e. The molecular weight excluding hydrogens is 188 g/mol. The molecule has 2 N–H and O–H groups in total. The van der Waals surface area contributed by atoms with E-state index in [4.69, 9.17) is 5.73 Å². The molecular formula is C11H18N4. The van der Waals surface area contributed by atoms with Crippen LogP contribution in [-0.2, 0) is 6.54 Å². The van der Waals surface area contributed by atoms with Gasteiger partial charge in [0.25, 0.3) is 0 Å². The van der Waals surface area contributed by atoms with Gasteiger partial charge in [-0.05, 0) is 32.4 Å². The number of rotatable bonds is 3. The van der Waals surface area contributed by atoms with E-state index < -0.39 is 0 Å². The minimum Gasteiger partial charge on any atom is -0.330 e. The van der Waals surface area contributed by atoms with Gasteiger partial charge in [0.15, 0.2) is 0 Å². The van der Waals surface area contributed by atoms with E-state index in [-0.39, 0.29) is 0 Å². The standard InChI is InChI=1S/C11H18N4/c1-9-5-14-11(6-13-9)8-15-3-2-10(4-12)7-15/h5-6,10H,2-4,7-8,12H2,1H3. The van der Waals surface area contributed by atoms with E-state index in [1.807, 2.05) is 19.3 Å². The zero-order valence-corrected chi connectivity index (χ0v) is 9.19. The topological polar surface area (TPSA) is 55.0 Å². The van der Waals surface area contributed by atoms with Gasteiger partial charge in [-0.3, -0.25) is 14.9 Å². The first-order chi connectivity index (χ1) is 7.28. The number of aryl methyl sites for hydroxylation is 1. The van der Waals surface area contributed by atoms with Crippen LogP contribution in [0, 0.1) is 12.8 Å². The Balaban J connectivity index is 1.90. The number of likely N-dealkylation sites (tertiary alicyclic amines) is 1. The molecule has 15 heavy (non-hydrogen) atoms. The summed E-state index contributed by atoms with van der Waals surface area (Å²) >= 11 is 0. The van der Waals surface area contributed by atoms with Crippen LogP contribution >= 0.6 is 0 Å². The van der Waals surface area contributed by atoms with Gasteiger partial charge in [0.2, 0.25) is 0 Å². The van der Waals surface area contributed by atoms with Crippen LogP contribution in [-0.4, -0.2) is 34.5 Å². The highest BCUT2D eigenvalue weighted by molar-refractivity contribution is 5.01. The Kier molecular flexibility index (Phi) is 3.28. The highest BCUT2D eigenvalue weighted by Gasteiger charge is 2.21. The summed E-state index contributed by atoms with van der Waals surface area (Å²) in [5.74, 6) is 0.670. The Morgan fingerprint density at radius 1 is 1.47 bits per heavy atom. The molecule has 0 aromatic carbocycles. The van der Waals surface area contributed by atoms with Gasteiger partial charge < -0.3 is 5.73 Å². The molecule has 1 fully saturated rings. The first-order valence-corrected chi connectivity index (χ1v) is 5.48. The maximum Gasteiger partial charge on any atom is 0.0727 e. The third kappa shape index (κ3) is 2.73. The third-order valence-corrected chi connectivity index (χ3v) is 2.92. The second kappa shape index (κ2) is 4.68. The molecule has 1 aliphatic rings. The molecule has 0 radical (unpaired) electrons. The molecule has 0 aliphatic carbocycles. The molecule has 82 valence electrons. The van der Waals surface area contributed by atoms with Crippen LogP contribution in [0.2, 0.25) is 0 Å². The van der Waals surface area contributed by atoms with Crippen molar-refractivity contribution < 1.29 is 0 Å². The summed E-state index contributed by atoms with van der Waals surface area (Å²) in [4.78, 5) is 11.0. The van der Waals surface area contributed by atoms with Gasteiger partial charge in [0.1, 0.15) is 0 Å². The Labute approximate surface area is 90.5 Å². The average molecular weight is 206 g/mol. The molecule has 1 unspecified atom stereocenters. The number of hydrogen-bond acceptors (Lipinski definition) is 4. The van der Waals surface area contributed by atoms with Gasteiger partial charge in [-0.25, -0.2) is 0 Å². The van der Waals surface area contributed by atoms with Crippen molar-refractivity contribution in [2.24, 2.45) is 11.7 Å². The summed E-state index contributed by atoms with van der Waals surface area (Å²) in [6.07, 6.45) is 4.91. The second-order valence-corrected chi connectivity index (χ2v) is 4.27. The van der Waals surface area contributed by atoms with Crippen molar-refractivity contribution >= 4 is 0 Å². The Bertz CT molecular complexity index is 309. The van der Waals surface area contributed by atoms with Crippen LogP contribution in [0.1, 0.15) is 17.8 Å². The molecule has 1 aromatic heterocycles. The molecule has 0 spiro atoms. The molecule has 1 aromatic rings. The summed E-state index contributed by atoms with van der Waals surface area (Å²) in [7, 11) is 0. The quantitative estimate of drug-likeness (QED) is 0.785. The molecule has 4 heteroatoms. The van der Waals surface area contributed by atoms with Gasteiger partial charge >= 0.3 is 0 Å². The molecule has 2 heterocycles. The Morgan fingerprint density at radius 3 is 2.93 bits per heavy atom. The zero-order chi connectivity index (χ0) is 10.7. The van der Waals surface area contributed by atoms with Crippen LogP contribution in [0.3, 0.4) is 0 Å². The molecule has 1 aliphatic heterocycles. The van der Waals surface area contributed by atoms with E-state index in [1.54, 1.807) is 0 Å². The molecule has 0 amide bonds. The summed E-state index contributed by atoms with van der Waals surface area (Å²) in [6.45, 7) is 5.90. The van der Waals surface area contributed by atoms with Crippen LogP contribution in [0.5, 0.6) is 0 Å². The maximum atomic E-state index is 5.65. The highest BCUT2D eigenvalue weighted by Crippen LogP contribution is 2.16. The van der Waals surface area contributed by atoms with Gasteiger partial charge in [0.05, 0.1) is 11.4 Å². The lowest BCUT2D eigenvalue weighted by molar-refractivity contribution is 0.313. The largest absolute Gasteiger partial charge is 0.330 e. The number of aromatic nitrogens is 2. The monoisotopic (exact) mass is 206 g/mol. The van der Waals surface area contributed by atoms with Gasteiger partial charge in [0, 0.05) is 25.5 Å². The van der Waals surface area contributed by atoms with Gasteiger partial charge in [-0.15, -0.1) is 0 Å². The van der Waals surface area contributed by atoms with Crippen molar-refractivity contribution in [1.82, 2.24) is 14.9 Å². The van der Waals surface area contributed by atoms with E-state index >= 15 is 0 Å². The van der Waals surface area contributed by atoms with Crippen molar-refractivity contribution in [2.75, 3.05) is 19.6 Å². The minimum atomic E-state index is 0.670. The fourth-order valence-corrected chi connectivity index (χ4v) is 1.98. The first kappa shape index (κ1) is 10.5. The van der Waals surface area contributed by atoms with Crippen LogP contribution in [0.25, 0.3) is 0 Å². The van der Waals surface area contributed by atoms with Crippen molar-refractivity contribution in [3.05, 3.63) is 23.8 Å². The number of hydrogen-bond donors (Lipinski definition) is 1. The highest BCUT2D eigenvalue weighted by atomic mass is 15.2. The lowest BCUT2D eigenvalue weighted by Gasteiger charge is -2.14. The van der Waals surface area contributed by atoms with Crippen LogP contribution in [0.4, 0.5) is 0 Å². The normalized spacial score (nSPS) is 22.1. The van der Waals surface area contributed by atoms with E-state index in [0.717, 1.165) is 37.6 Å². The molecule has 1 saturated heterocycles. The van der Waals surface area contributed by atoms with Crippen molar-refractivity contribution in [3.8, 4) is 0 Å². The molecule has 2 rings (SSSR count). The van der Waals surface area contributed by atoms with E-state index in [1.165, 1.54) is 6.42 Å². The first-order valence-electron chi connectivity index (χ1n) is 5.48. The summed E-state index contributed by atoms with van der Waals surface area (Å²) in [6, 6.07) is 0. The SMILES string of the molecule is Cc1cnc(CN2CCC(CN)C2)cn1. The lowest BCUT2D eigenvalue weighted by Crippen LogP contribution is -2.23. The molecule has 0 saturated carbocycles. The molecule has 1 atom stereocenters. The maximum absolute atomic E-state index is 5.65. The van der Waals surface area contributed by atoms with E-state index in [2.05, 4.69) is 14.9 Å².